The summed E-state index contributed by atoms with van der Waals surface area (Å²) in [5.41, 5.74) is 15.2. The molecule has 32 heavy (non-hydrogen) atoms. The zero-order chi connectivity index (χ0) is 22.6. The van der Waals surface area contributed by atoms with Crippen molar-refractivity contribution in [3.8, 4) is 0 Å². The summed E-state index contributed by atoms with van der Waals surface area (Å²) in [6, 6.07) is 9.42. The van der Waals surface area contributed by atoms with Crippen LogP contribution in [0.2, 0.25) is 0 Å². The van der Waals surface area contributed by atoms with Crippen molar-refractivity contribution in [3.05, 3.63) is 64.5 Å². The molecule has 9 heteroatoms. The Hall–Kier alpha value is -3.01. The highest BCUT2D eigenvalue weighted by Crippen LogP contribution is 2.37. The van der Waals surface area contributed by atoms with Gasteiger partial charge in [-0.25, -0.2) is 15.0 Å². The monoisotopic (exact) mass is 494 g/mol. The predicted octanol–water partition coefficient (Wildman–Crippen LogP) is 2.99. The highest BCUT2D eigenvalue weighted by Gasteiger charge is 2.38. The summed E-state index contributed by atoms with van der Waals surface area (Å²) < 4.78 is 2.61. The van der Waals surface area contributed by atoms with Crippen molar-refractivity contribution in [2.24, 2.45) is 5.92 Å². The standard InChI is InChI=1S/C23H23BrN6O2/c1-11(6-12-2-3-13-8-16(24)22(26)29-17(13)7-12)15-9-18(20(32)19(15)31)30-5-4-14-21(25)27-10-28-23(14)30/h2-5,7-11,18-20,31-32H,6H2,1H3,(H2,26,29)(H2,25,27,28)/t11?,18?,19?,20-/m1/s1. The van der Waals surface area contributed by atoms with Gasteiger partial charge in [-0.15, -0.1) is 0 Å². The first kappa shape index (κ1) is 20.9. The molecule has 0 bridgehead atoms. The number of nitrogen functional groups attached to an aromatic ring is 2. The minimum Gasteiger partial charge on any atom is -0.388 e. The second-order valence-corrected chi connectivity index (χ2v) is 9.15. The van der Waals surface area contributed by atoms with Gasteiger partial charge in [-0.05, 0) is 57.6 Å². The van der Waals surface area contributed by atoms with Crippen molar-refractivity contribution >= 4 is 49.5 Å². The molecule has 1 aromatic carbocycles. The maximum absolute atomic E-state index is 10.8. The molecule has 1 aliphatic carbocycles. The highest BCUT2D eigenvalue weighted by molar-refractivity contribution is 9.10. The summed E-state index contributed by atoms with van der Waals surface area (Å²) in [6.07, 6.45) is 3.91. The van der Waals surface area contributed by atoms with E-state index < -0.39 is 18.2 Å². The van der Waals surface area contributed by atoms with E-state index in [2.05, 4.69) is 36.9 Å². The van der Waals surface area contributed by atoms with Crippen LogP contribution in [0, 0.1) is 5.92 Å². The first-order valence-corrected chi connectivity index (χ1v) is 11.1. The fraction of sp³-hybridized carbons (Fsp3) is 0.261. The van der Waals surface area contributed by atoms with Crippen LogP contribution < -0.4 is 11.5 Å². The Labute approximate surface area is 192 Å². The molecule has 6 N–H and O–H groups in total. The second kappa shape index (κ2) is 7.84. The Bertz CT molecular complexity index is 1370. The largest absolute Gasteiger partial charge is 0.388 e. The lowest BCUT2D eigenvalue weighted by atomic mass is 9.91. The molecule has 0 spiro atoms. The van der Waals surface area contributed by atoms with Crippen LogP contribution in [-0.2, 0) is 6.42 Å². The number of aliphatic hydroxyl groups excluding tert-OH is 2. The van der Waals surface area contributed by atoms with Gasteiger partial charge in [0.25, 0.3) is 0 Å². The van der Waals surface area contributed by atoms with Gasteiger partial charge in [-0.3, -0.25) is 0 Å². The molecule has 4 atom stereocenters. The van der Waals surface area contributed by atoms with E-state index in [4.69, 9.17) is 11.5 Å². The fourth-order valence-electron chi connectivity index (χ4n) is 4.51. The Morgan fingerprint density at radius 1 is 1.12 bits per heavy atom. The van der Waals surface area contributed by atoms with Crippen LogP contribution in [0.3, 0.4) is 0 Å². The van der Waals surface area contributed by atoms with Gasteiger partial charge < -0.3 is 26.2 Å². The molecule has 3 aromatic heterocycles. The van der Waals surface area contributed by atoms with Gasteiger partial charge >= 0.3 is 0 Å². The average Bonchev–Trinajstić information content (AvgIpc) is 3.31. The number of halogens is 1. The third-order valence-corrected chi connectivity index (χ3v) is 6.85. The van der Waals surface area contributed by atoms with E-state index in [0.717, 1.165) is 31.9 Å². The minimum absolute atomic E-state index is 0.0106. The number of anilines is 2. The molecule has 0 aliphatic heterocycles. The van der Waals surface area contributed by atoms with E-state index in [9.17, 15) is 10.2 Å². The predicted molar refractivity (Wildman–Crippen MR) is 128 cm³/mol. The molecule has 3 heterocycles. The number of pyridine rings is 1. The van der Waals surface area contributed by atoms with Gasteiger partial charge in [0.05, 0.1) is 21.4 Å². The Morgan fingerprint density at radius 2 is 1.94 bits per heavy atom. The van der Waals surface area contributed by atoms with Crippen LogP contribution in [-0.4, -0.2) is 41.9 Å². The molecule has 3 unspecified atom stereocenters. The van der Waals surface area contributed by atoms with Gasteiger partial charge in [0.2, 0.25) is 0 Å². The molecule has 0 saturated heterocycles. The Balaban J connectivity index is 1.44. The van der Waals surface area contributed by atoms with E-state index >= 15 is 0 Å². The van der Waals surface area contributed by atoms with Crippen LogP contribution in [0.15, 0.2) is 59.0 Å². The number of hydrogen-bond acceptors (Lipinski definition) is 7. The highest BCUT2D eigenvalue weighted by atomic mass is 79.9. The molecular weight excluding hydrogens is 472 g/mol. The summed E-state index contributed by atoms with van der Waals surface area (Å²) in [6.45, 7) is 2.05. The average molecular weight is 495 g/mol. The first-order valence-electron chi connectivity index (χ1n) is 10.3. The van der Waals surface area contributed by atoms with Gasteiger partial charge in [0.15, 0.2) is 0 Å². The molecule has 1 aliphatic rings. The number of nitrogens with two attached hydrogens (primary N) is 2. The molecule has 8 nitrogen and oxygen atoms in total. The third-order valence-electron chi connectivity index (χ3n) is 6.21. The lowest BCUT2D eigenvalue weighted by Crippen LogP contribution is -2.30. The molecule has 0 amide bonds. The number of nitrogens with zero attached hydrogens (tertiary/aromatic N) is 4. The lowest BCUT2D eigenvalue weighted by molar-refractivity contribution is 0.0293. The number of rotatable bonds is 4. The fourth-order valence-corrected chi connectivity index (χ4v) is 4.85. The molecule has 164 valence electrons. The molecule has 4 aromatic rings. The third kappa shape index (κ3) is 3.42. The second-order valence-electron chi connectivity index (χ2n) is 8.30. The quantitative estimate of drug-likeness (QED) is 0.320. The van der Waals surface area contributed by atoms with Crippen LogP contribution >= 0.6 is 15.9 Å². The molecule has 0 fully saturated rings. The van der Waals surface area contributed by atoms with Crippen molar-refractivity contribution < 1.29 is 10.2 Å². The maximum atomic E-state index is 10.8. The summed E-state index contributed by atoms with van der Waals surface area (Å²) in [5.74, 6) is 0.847. The van der Waals surface area contributed by atoms with Crippen molar-refractivity contribution in [1.82, 2.24) is 19.5 Å². The van der Waals surface area contributed by atoms with Crippen LogP contribution in [0.4, 0.5) is 11.6 Å². The smallest absolute Gasteiger partial charge is 0.146 e. The van der Waals surface area contributed by atoms with E-state index in [1.54, 1.807) is 0 Å². The number of benzene rings is 1. The Kier molecular flexibility index (Phi) is 5.11. The van der Waals surface area contributed by atoms with E-state index in [1.807, 2.05) is 48.0 Å². The van der Waals surface area contributed by atoms with E-state index in [-0.39, 0.29) is 5.92 Å². The zero-order valence-corrected chi connectivity index (χ0v) is 18.9. The van der Waals surface area contributed by atoms with Crippen molar-refractivity contribution in [2.75, 3.05) is 11.5 Å². The number of hydrogen-bond donors (Lipinski definition) is 4. The maximum Gasteiger partial charge on any atom is 0.146 e. The van der Waals surface area contributed by atoms with Crippen LogP contribution in [0.1, 0.15) is 18.5 Å². The summed E-state index contributed by atoms with van der Waals surface area (Å²) in [7, 11) is 0. The van der Waals surface area contributed by atoms with Gasteiger partial charge in [0.1, 0.15) is 35.8 Å². The Morgan fingerprint density at radius 3 is 2.75 bits per heavy atom. The molecule has 0 saturated carbocycles. The number of fused-ring (bicyclic) bond motifs is 2. The van der Waals surface area contributed by atoms with Crippen LogP contribution in [0.5, 0.6) is 0 Å². The van der Waals surface area contributed by atoms with Crippen molar-refractivity contribution in [3.63, 3.8) is 0 Å². The summed E-state index contributed by atoms with van der Waals surface area (Å²) in [5, 5.41) is 23.4. The zero-order valence-electron chi connectivity index (χ0n) is 17.4. The molecule has 5 rings (SSSR count). The normalized spacial score (nSPS) is 21.9. The summed E-state index contributed by atoms with van der Waals surface area (Å²) >= 11 is 3.41. The van der Waals surface area contributed by atoms with Crippen LogP contribution in [0.25, 0.3) is 21.9 Å². The molecular formula is C23H23BrN6O2. The first-order chi connectivity index (χ1) is 15.3. The summed E-state index contributed by atoms with van der Waals surface area (Å²) in [4.78, 5) is 12.8. The van der Waals surface area contributed by atoms with Gasteiger partial charge in [-0.2, -0.15) is 0 Å². The van der Waals surface area contributed by atoms with E-state index in [1.165, 1.54) is 6.33 Å². The van der Waals surface area contributed by atoms with Crippen molar-refractivity contribution in [2.45, 2.75) is 31.6 Å². The SMILES string of the molecule is CC(Cc1ccc2cc(Br)c(N)nc2c1)C1=CC(n2ccc3c(N)ncnc32)[C@@H](O)C1O. The van der Waals surface area contributed by atoms with Crippen molar-refractivity contribution in [1.29, 1.82) is 0 Å². The lowest BCUT2D eigenvalue weighted by Gasteiger charge is -2.21. The van der Waals surface area contributed by atoms with E-state index in [0.29, 0.717) is 23.7 Å². The van der Waals surface area contributed by atoms with Gasteiger partial charge in [0, 0.05) is 11.6 Å². The number of aliphatic hydroxyl groups is 2. The van der Waals surface area contributed by atoms with Gasteiger partial charge in [-0.1, -0.05) is 25.1 Å². The molecule has 0 radical (unpaired) electrons. The minimum atomic E-state index is -0.977. The topological polar surface area (TPSA) is 136 Å². The number of aromatic nitrogens is 4.